The average Bonchev–Trinajstić information content (AvgIpc) is 2.92. The van der Waals surface area contributed by atoms with Crippen molar-refractivity contribution in [2.45, 2.75) is 29.9 Å². The molecule has 0 unspecified atom stereocenters. The third kappa shape index (κ3) is 2.09. The van der Waals surface area contributed by atoms with Crippen LogP contribution in [0.1, 0.15) is 18.0 Å². The van der Waals surface area contributed by atoms with Crippen LogP contribution in [0.3, 0.4) is 0 Å². The van der Waals surface area contributed by atoms with Crippen molar-refractivity contribution in [3.8, 4) is 0 Å². The van der Waals surface area contributed by atoms with E-state index < -0.39 is 29.9 Å². The van der Waals surface area contributed by atoms with Crippen molar-refractivity contribution in [2.24, 2.45) is 4.99 Å². The van der Waals surface area contributed by atoms with Crippen molar-refractivity contribution < 1.29 is 20.1 Å². The number of hydrogen-bond donors (Lipinski definition) is 4. The van der Waals surface area contributed by atoms with E-state index in [1.54, 1.807) is 4.57 Å². The third-order valence-electron chi connectivity index (χ3n) is 3.46. The van der Waals surface area contributed by atoms with Crippen molar-refractivity contribution >= 4 is 23.8 Å². The first-order chi connectivity index (χ1) is 9.63. The van der Waals surface area contributed by atoms with Crippen LogP contribution in [0.25, 0.3) is 0 Å². The molecule has 0 amide bonds. The highest BCUT2D eigenvalue weighted by molar-refractivity contribution is 6.21. The molecule has 0 radical (unpaired) electrons. The van der Waals surface area contributed by atoms with E-state index >= 15 is 0 Å². The van der Waals surface area contributed by atoms with Gasteiger partial charge in [-0.05, 0) is 0 Å². The highest BCUT2D eigenvalue weighted by Gasteiger charge is 2.44. The van der Waals surface area contributed by atoms with Crippen LogP contribution in [-0.2, 0) is 4.74 Å². The van der Waals surface area contributed by atoms with Crippen molar-refractivity contribution in [1.29, 1.82) is 0 Å². The maximum Gasteiger partial charge on any atom is 0.156 e. The van der Waals surface area contributed by atoms with Crippen LogP contribution in [0.15, 0.2) is 11.3 Å². The van der Waals surface area contributed by atoms with Crippen molar-refractivity contribution in [2.75, 3.05) is 18.5 Å². The first-order valence-electron chi connectivity index (χ1n) is 6.21. The minimum Gasteiger partial charge on any atom is -0.394 e. The number of rotatable bonds is 2. The van der Waals surface area contributed by atoms with Crippen molar-refractivity contribution in [1.82, 2.24) is 9.55 Å². The van der Waals surface area contributed by atoms with E-state index in [4.69, 9.17) is 21.4 Å². The summed E-state index contributed by atoms with van der Waals surface area (Å²) < 4.78 is 7.14. The molecule has 0 bridgehead atoms. The number of nitrogens with one attached hydrogen (secondary N) is 1. The van der Waals surface area contributed by atoms with Gasteiger partial charge in [0.05, 0.1) is 25.8 Å². The molecule has 20 heavy (non-hydrogen) atoms. The molecule has 1 saturated heterocycles. The van der Waals surface area contributed by atoms with E-state index in [1.807, 2.05) is 0 Å². The lowest BCUT2D eigenvalue weighted by Crippen LogP contribution is -2.30. The maximum absolute atomic E-state index is 9.92. The lowest BCUT2D eigenvalue weighted by molar-refractivity contribution is -0.0436. The van der Waals surface area contributed by atoms with E-state index in [9.17, 15) is 10.2 Å². The Bertz CT molecular complexity index is 523. The lowest BCUT2D eigenvalue weighted by atomic mass is 10.2. The van der Waals surface area contributed by atoms with Crippen LogP contribution in [0, 0.1) is 0 Å². The van der Waals surface area contributed by atoms with Crippen molar-refractivity contribution in [3.63, 3.8) is 0 Å². The summed E-state index contributed by atoms with van der Waals surface area (Å²) in [5, 5.41) is 31.1. The molecule has 9 heteroatoms. The molecule has 3 rings (SSSR count). The van der Waals surface area contributed by atoms with E-state index in [1.165, 1.54) is 12.7 Å². The molecule has 1 aromatic rings. The standard InChI is InChI=1S/C11H15ClN4O4/c12-7-9(19)6(2-17)20-11(7)16-4-15-8-5(18)1-13-3-14-10(8)16/h3-7,9,11,17-19H,1-2H2,(H,13,14)/t5-,6-,7-,9-,11-/m1/s1. The van der Waals surface area contributed by atoms with Gasteiger partial charge in [0.25, 0.3) is 0 Å². The second kappa shape index (κ2) is 5.30. The number of hydrogen-bond acceptors (Lipinski definition) is 7. The summed E-state index contributed by atoms with van der Waals surface area (Å²) in [6, 6.07) is 0. The molecular formula is C11H15ClN4O4. The molecule has 2 aliphatic heterocycles. The number of aliphatic hydroxyl groups is 3. The monoisotopic (exact) mass is 302 g/mol. The number of halogens is 1. The molecular weight excluding hydrogens is 288 g/mol. The predicted octanol–water partition coefficient (Wildman–Crippen LogP) is -0.772. The summed E-state index contributed by atoms with van der Waals surface area (Å²) in [6.45, 7) is -0.107. The van der Waals surface area contributed by atoms with Crippen LogP contribution in [0.2, 0.25) is 0 Å². The van der Waals surface area contributed by atoms with Gasteiger partial charge in [-0.1, -0.05) is 0 Å². The highest BCUT2D eigenvalue weighted by atomic mass is 35.5. The molecule has 1 fully saturated rings. The summed E-state index contributed by atoms with van der Waals surface area (Å²) in [5.41, 5.74) is 0.442. The second-order valence-electron chi connectivity index (χ2n) is 4.72. The molecule has 0 spiro atoms. The zero-order chi connectivity index (χ0) is 14.3. The fraction of sp³-hybridized carbons (Fsp3) is 0.636. The topological polar surface area (TPSA) is 112 Å². The van der Waals surface area contributed by atoms with Gasteiger partial charge in [-0.3, -0.25) is 9.56 Å². The van der Waals surface area contributed by atoms with Gasteiger partial charge in [0.1, 0.15) is 35.2 Å². The normalized spacial score (nSPS) is 36.5. The molecule has 0 aromatic carbocycles. The number of imidazole rings is 1. The molecule has 2 aliphatic rings. The molecule has 4 N–H and O–H groups in total. The van der Waals surface area contributed by atoms with Crippen LogP contribution in [0.4, 0.5) is 5.82 Å². The Morgan fingerprint density at radius 1 is 1.50 bits per heavy atom. The average molecular weight is 303 g/mol. The molecule has 3 heterocycles. The summed E-state index contributed by atoms with van der Waals surface area (Å²) in [4.78, 5) is 8.11. The van der Waals surface area contributed by atoms with Gasteiger partial charge in [0.2, 0.25) is 0 Å². The Morgan fingerprint density at radius 3 is 3.00 bits per heavy atom. The SMILES string of the molecule is OC[C@H]1O[C@@H](n2cnc3c2NC=NC[C@H]3O)[C@H](Cl)[C@@H]1O. The second-order valence-corrected chi connectivity index (χ2v) is 5.23. The smallest absolute Gasteiger partial charge is 0.156 e. The quantitative estimate of drug-likeness (QED) is 0.534. The zero-order valence-electron chi connectivity index (χ0n) is 10.4. The Morgan fingerprint density at radius 2 is 2.30 bits per heavy atom. The summed E-state index contributed by atoms with van der Waals surface area (Å²) in [5.74, 6) is 0.514. The zero-order valence-corrected chi connectivity index (χ0v) is 11.2. The number of aliphatic hydroxyl groups excluding tert-OH is 3. The highest BCUT2D eigenvalue weighted by Crippen LogP contribution is 2.37. The number of nitrogens with zero attached hydrogens (tertiary/aromatic N) is 3. The minimum atomic E-state index is -0.978. The summed E-state index contributed by atoms with van der Waals surface area (Å²) in [6.07, 6.45) is -0.283. The molecule has 1 aromatic heterocycles. The fourth-order valence-corrected chi connectivity index (χ4v) is 2.73. The first-order valence-corrected chi connectivity index (χ1v) is 6.65. The number of ether oxygens (including phenoxy) is 1. The van der Waals surface area contributed by atoms with Gasteiger partial charge >= 0.3 is 0 Å². The van der Waals surface area contributed by atoms with Gasteiger partial charge in [-0.15, -0.1) is 11.6 Å². The number of anilines is 1. The van der Waals surface area contributed by atoms with E-state index in [2.05, 4.69) is 15.3 Å². The first kappa shape index (κ1) is 13.8. The van der Waals surface area contributed by atoms with E-state index in [0.29, 0.717) is 11.5 Å². The predicted molar refractivity (Wildman–Crippen MR) is 70.8 cm³/mol. The Kier molecular flexibility index (Phi) is 3.65. The largest absolute Gasteiger partial charge is 0.394 e. The van der Waals surface area contributed by atoms with Crippen LogP contribution in [0.5, 0.6) is 0 Å². The summed E-state index contributed by atoms with van der Waals surface area (Å²) in [7, 11) is 0. The van der Waals surface area contributed by atoms with Gasteiger partial charge < -0.3 is 25.4 Å². The third-order valence-corrected chi connectivity index (χ3v) is 3.93. The van der Waals surface area contributed by atoms with Crippen LogP contribution < -0.4 is 5.32 Å². The van der Waals surface area contributed by atoms with Gasteiger partial charge in [0, 0.05) is 0 Å². The number of alkyl halides is 1. The fourth-order valence-electron chi connectivity index (χ4n) is 2.39. The Hall–Kier alpha value is -1.19. The Balaban J connectivity index is 1.94. The maximum atomic E-state index is 9.92. The molecule has 110 valence electrons. The van der Waals surface area contributed by atoms with E-state index in [0.717, 1.165) is 0 Å². The lowest BCUT2D eigenvalue weighted by Gasteiger charge is -2.18. The molecule has 0 saturated carbocycles. The minimum absolute atomic E-state index is 0.217. The van der Waals surface area contributed by atoms with Gasteiger partial charge in [-0.2, -0.15) is 0 Å². The van der Waals surface area contributed by atoms with Crippen LogP contribution in [-0.4, -0.2) is 61.9 Å². The van der Waals surface area contributed by atoms with Gasteiger partial charge in [0.15, 0.2) is 6.23 Å². The van der Waals surface area contributed by atoms with Gasteiger partial charge in [-0.25, -0.2) is 4.98 Å². The number of aliphatic imine (C=N–C) groups is 1. The van der Waals surface area contributed by atoms with E-state index in [-0.39, 0.29) is 13.2 Å². The van der Waals surface area contributed by atoms with Crippen molar-refractivity contribution in [3.05, 3.63) is 12.0 Å². The summed E-state index contributed by atoms with van der Waals surface area (Å²) >= 11 is 6.15. The number of aromatic nitrogens is 2. The molecule has 0 aliphatic carbocycles. The molecule has 5 atom stereocenters. The van der Waals surface area contributed by atoms with Crippen LogP contribution >= 0.6 is 11.6 Å². The number of fused-ring (bicyclic) bond motifs is 1. The Labute approximate surface area is 119 Å². The molecule has 8 nitrogen and oxygen atoms in total.